The number of allylic oxidation sites excluding steroid dienone is 1. The summed E-state index contributed by atoms with van der Waals surface area (Å²) in [6.07, 6.45) is 4.70. The first-order valence-electron chi connectivity index (χ1n) is 4.44. The molecule has 1 aromatic heterocycles. The minimum atomic E-state index is 0.0147. The molecule has 2 nitrogen and oxygen atoms in total. The van der Waals surface area contributed by atoms with E-state index in [0.717, 1.165) is 10.9 Å². The second-order valence-electron chi connectivity index (χ2n) is 3.05. The summed E-state index contributed by atoms with van der Waals surface area (Å²) in [6.45, 7) is 4.33. The third kappa shape index (κ3) is 1.35. The van der Waals surface area contributed by atoms with E-state index in [1.165, 1.54) is 6.07 Å². The van der Waals surface area contributed by atoms with Crippen molar-refractivity contribution >= 4 is 10.9 Å². The van der Waals surface area contributed by atoms with Crippen LogP contribution in [0, 0.1) is 6.20 Å². The Balaban J connectivity index is 2.81. The van der Waals surface area contributed by atoms with Crippen LogP contribution in [0.1, 0.15) is 0 Å². The standard InChI is InChI=1S/C12H10NO/c1-2-8-13-9-7-12(14)10-5-3-4-6-11(10)13/h2-7H,1,8H2. The molecule has 2 heteroatoms. The first-order chi connectivity index (χ1) is 6.83. The molecule has 0 aliphatic rings. The van der Waals surface area contributed by atoms with Gasteiger partial charge in [0.05, 0.1) is 11.7 Å². The highest BCUT2D eigenvalue weighted by Crippen LogP contribution is 2.08. The molecule has 1 radical (unpaired) electrons. The van der Waals surface area contributed by atoms with Crippen molar-refractivity contribution in [3.05, 3.63) is 59.4 Å². The van der Waals surface area contributed by atoms with Crippen molar-refractivity contribution < 1.29 is 0 Å². The maximum absolute atomic E-state index is 11.5. The van der Waals surface area contributed by atoms with Crippen molar-refractivity contribution in [1.29, 1.82) is 0 Å². The number of hydrogen-bond donors (Lipinski definition) is 0. The molecule has 0 saturated carbocycles. The first-order valence-corrected chi connectivity index (χ1v) is 4.44. The molecule has 0 bridgehead atoms. The van der Waals surface area contributed by atoms with Crippen molar-refractivity contribution in [2.75, 3.05) is 0 Å². The van der Waals surface area contributed by atoms with Crippen LogP contribution in [0.2, 0.25) is 0 Å². The highest BCUT2D eigenvalue weighted by atomic mass is 16.1. The third-order valence-corrected chi connectivity index (χ3v) is 2.12. The zero-order chi connectivity index (χ0) is 9.97. The van der Waals surface area contributed by atoms with Crippen LogP contribution in [0.5, 0.6) is 0 Å². The average Bonchev–Trinajstić information content (AvgIpc) is 2.23. The van der Waals surface area contributed by atoms with E-state index in [2.05, 4.69) is 12.8 Å². The van der Waals surface area contributed by atoms with Gasteiger partial charge in [-0.15, -0.1) is 6.58 Å². The number of benzene rings is 1. The van der Waals surface area contributed by atoms with E-state index >= 15 is 0 Å². The number of fused-ring (bicyclic) bond motifs is 1. The molecule has 2 aromatic rings. The summed E-state index contributed by atoms with van der Waals surface area (Å²) in [5.74, 6) is 0. The molecule has 0 saturated heterocycles. The fourth-order valence-corrected chi connectivity index (χ4v) is 1.48. The molecule has 0 aliphatic carbocycles. The monoisotopic (exact) mass is 184 g/mol. The van der Waals surface area contributed by atoms with Crippen LogP contribution in [-0.2, 0) is 6.54 Å². The summed E-state index contributed by atoms with van der Waals surface area (Å²) >= 11 is 0. The smallest absolute Gasteiger partial charge is 0.190 e. The maximum atomic E-state index is 11.5. The number of rotatable bonds is 2. The van der Waals surface area contributed by atoms with E-state index < -0.39 is 0 Å². The third-order valence-electron chi connectivity index (χ3n) is 2.12. The molecule has 0 N–H and O–H groups in total. The largest absolute Gasteiger partial charge is 0.335 e. The second kappa shape index (κ2) is 3.50. The lowest BCUT2D eigenvalue weighted by Gasteiger charge is -2.06. The Morgan fingerprint density at radius 2 is 2.21 bits per heavy atom. The Hall–Kier alpha value is -1.83. The zero-order valence-corrected chi connectivity index (χ0v) is 7.73. The highest BCUT2D eigenvalue weighted by Gasteiger charge is 1.99. The SMILES string of the molecule is C=CCn1[c]cc(=O)c2ccccc21. The normalized spacial score (nSPS) is 10.3. The van der Waals surface area contributed by atoms with Gasteiger partial charge in [-0.3, -0.25) is 4.79 Å². The fourth-order valence-electron chi connectivity index (χ4n) is 1.48. The summed E-state index contributed by atoms with van der Waals surface area (Å²) < 4.78 is 1.88. The molecular weight excluding hydrogens is 174 g/mol. The number of hydrogen-bond acceptors (Lipinski definition) is 1. The predicted octanol–water partition coefficient (Wildman–Crippen LogP) is 1.99. The molecule has 14 heavy (non-hydrogen) atoms. The molecule has 0 amide bonds. The van der Waals surface area contributed by atoms with Gasteiger partial charge < -0.3 is 4.57 Å². The molecular formula is C12H10NO. The lowest BCUT2D eigenvalue weighted by Crippen LogP contribution is -2.07. The molecule has 0 spiro atoms. The van der Waals surface area contributed by atoms with Crippen LogP contribution < -0.4 is 5.43 Å². The van der Waals surface area contributed by atoms with Crippen LogP contribution in [0.25, 0.3) is 10.9 Å². The van der Waals surface area contributed by atoms with Gasteiger partial charge in [-0.25, -0.2) is 0 Å². The van der Waals surface area contributed by atoms with Crippen molar-refractivity contribution in [3.8, 4) is 0 Å². The maximum Gasteiger partial charge on any atom is 0.190 e. The number of pyridine rings is 1. The molecule has 69 valence electrons. The Morgan fingerprint density at radius 1 is 1.43 bits per heavy atom. The van der Waals surface area contributed by atoms with Gasteiger partial charge in [0.15, 0.2) is 5.43 Å². The van der Waals surface area contributed by atoms with Gasteiger partial charge in [0, 0.05) is 18.0 Å². The van der Waals surface area contributed by atoms with E-state index in [1.807, 2.05) is 28.8 Å². The van der Waals surface area contributed by atoms with E-state index in [0.29, 0.717) is 6.54 Å². The second-order valence-corrected chi connectivity index (χ2v) is 3.05. The fraction of sp³-hybridized carbons (Fsp3) is 0.0833. The Bertz CT molecular complexity index is 525. The lowest BCUT2D eigenvalue weighted by molar-refractivity contribution is 0.845. The average molecular weight is 184 g/mol. The van der Waals surface area contributed by atoms with E-state index in [-0.39, 0.29) is 5.43 Å². The number of nitrogens with zero attached hydrogens (tertiary/aromatic N) is 1. The molecule has 1 aromatic carbocycles. The van der Waals surface area contributed by atoms with Gasteiger partial charge in [-0.1, -0.05) is 18.2 Å². The summed E-state index contributed by atoms with van der Waals surface area (Å²) in [5, 5.41) is 0.730. The Kier molecular flexibility index (Phi) is 2.19. The van der Waals surface area contributed by atoms with E-state index in [9.17, 15) is 4.79 Å². The first kappa shape index (κ1) is 8.75. The quantitative estimate of drug-likeness (QED) is 0.654. The van der Waals surface area contributed by atoms with E-state index in [1.54, 1.807) is 6.08 Å². The molecule has 0 fully saturated rings. The van der Waals surface area contributed by atoms with Gasteiger partial charge in [-0.2, -0.15) is 0 Å². The molecule has 2 rings (SSSR count). The minimum absolute atomic E-state index is 0.0147. The summed E-state index contributed by atoms with van der Waals surface area (Å²) in [6, 6.07) is 8.98. The highest BCUT2D eigenvalue weighted by molar-refractivity contribution is 5.78. The van der Waals surface area contributed by atoms with Crippen LogP contribution in [0.15, 0.2) is 47.8 Å². The van der Waals surface area contributed by atoms with Crippen LogP contribution >= 0.6 is 0 Å². The van der Waals surface area contributed by atoms with E-state index in [4.69, 9.17) is 0 Å². The van der Waals surface area contributed by atoms with Crippen LogP contribution in [0.3, 0.4) is 0 Å². The predicted molar refractivity (Wildman–Crippen MR) is 57.2 cm³/mol. The minimum Gasteiger partial charge on any atom is -0.335 e. The molecule has 0 atom stereocenters. The van der Waals surface area contributed by atoms with Crippen molar-refractivity contribution in [3.63, 3.8) is 0 Å². The summed E-state index contributed by atoms with van der Waals surface area (Å²) in [7, 11) is 0. The van der Waals surface area contributed by atoms with Crippen molar-refractivity contribution in [1.82, 2.24) is 4.57 Å². The van der Waals surface area contributed by atoms with Crippen LogP contribution in [-0.4, -0.2) is 4.57 Å². The topological polar surface area (TPSA) is 22.0 Å². The van der Waals surface area contributed by atoms with Gasteiger partial charge in [0.1, 0.15) is 0 Å². The molecule has 1 heterocycles. The lowest BCUT2D eigenvalue weighted by atomic mass is 10.2. The molecule has 0 unspecified atom stereocenters. The van der Waals surface area contributed by atoms with Crippen molar-refractivity contribution in [2.45, 2.75) is 6.54 Å². The summed E-state index contributed by atoms with van der Waals surface area (Å²) in [5.41, 5.74) is 0.917. The number of para-hydroxylation sites is 1. The summed E-state index contributed by atoms with van der Waals surface area (Å²) in [4.78, 5) is 11.5. The van der Waals surface area contributed by atoms with Gasteiger partial charge in [0.25, 0.3) is 0 Å². The Morgan fingerprint density at radius 3 is 3.00 bits per heavy atom. The van der Waals surface area contributed by atoms with Gasteiger partial charge >= 0.3 is 0 Å². The zero-order valence-electron chi connectivity index (χ0n) is 7.73. The van der Waals surface area contributed by atoms with Crippen molar-refractivity contribution in [2.24, 2.45) is 0 Å². The van der Waals surface area contributed by atoms with Gasteiger partial charge in [-0.05, 0) is 12.1 Å². The number of aromatic nitrogens is 1. The van der Waals surface area contributed by atoms with Gasteiger partial charge in [0.2, 0.25) is 0 Å². The van der Waals surface area contributed by atoms with Crippen LogP contribution in [0.4, 0.5) is 0 Å². The molecule has 0 aliphatic heterocycles. The Labute approximate surface area is 82.1 Å².